The van der Waals surface area contributed by atoms with Crippen LogP contribution >= 0.6 is 0 Å². The van der Waals surface area contributed by atoms with E-state index in [1.165, 1.54) is 11.0 Å². The monoisotopic (exact) mass is 323 g/mol. The smallest absolute Gasteiger partial charge is 0.238 e. The molecular formula is C14H18FN5O3. The number of halogens is 1. The van der Waals surface area contributed by atoms with Crippen LogP contribution in [0.3, 0.4) is 0 Å². The molecule has 8 nitrogen and oxygen atoms in total. The highest BCUT2D eigenvalue weighted by Crippen LogP contribution is 2.29. The van der Waals surface area contributed by atoms with Gasteiger partial charge in [-0.25, -0.2) is 4.39 Å². The molecule has 0 radical (unpaired) electrons. The molecule has 9 heteroatoms. The molecule has 2 aliphatic heterocycles. The van der Waals surface area contributed by atoms with Gasteiger partial charge in [0.15, 0.2) is 0 Å². The van der Waals surface area contributed by atoms with Gasteiger partial charge < -0.3 is 24.4 Å². The fourth-order valence-electron chi connectivity index (χ4n) is 2.79. The van der Waals surface area contributed by atoms with Crippen LogP contribution in [-0.4, -0.2) is 57.0 Å². The van der Waals surface area contributed by atoms with Crippen LogP contribution < -0.4 is 9.80 Å². The number of hydrogen-bond donors (Lipinski definition) is 1. The maximum atomic E-state index is 14.4. The van der Waals surface area contributed by atoms with Crippen molar-refractivity contribution in [3.05, 3.63) is 34.5 Å². The molecule has 1 unspecified atom stereocenters. The van der Waals surface area contributed by atoms with Crippen LogP contribution in [0, 0.1) is 5.82 Å². The Morgan fingerprint density at radius 1 is 1.39 bits per heavy atom. The molecule has 1 N–H and O–H groups in total. The van der Waals surface area contributed by atoms with Gasteiger partial charge in [-0.05, 0) is 23.7 Å². The zero-order valence-electron chi connectivity index (χ0n) is 12.5. The second-order valence-electron chi connectivity index (χ2n) is 5.39. The molecule has 23 heavy (non-hydrogen) atoms. The van der Waals surface area contributed by atoms with E-state index in [0.29, 0.717) is 44.2 Å². The van der Waals surface area contributed by atoms with E-state index < -0.39 is 12.5 Å². The predicted octanol–water partition coefficient (Wildman–Crippen LogP) is 1.45. The summed E-state index contributed by atoms with van der Waals surface area (Å²) in [6.45, 7) is 2.93. The molecule has 2 saturated heterocycles. The van der Waals surface area contributed by atoms with Gasteiger partial charge in [-0.3, -0.25) is 0 Å². The Labute approximate surface area is 132 Å². The van der Waals surface area contributed by atoms with Crippen LogP contribution in [-0.2, 0) is 9.47 Å². The number of anilines is 2. The first-order valence-corrected chi connectivity index (χ1v) is 7.42. The topological polar surface area (TPSA) is 93.9 Å². The summed E-state index contributed by atoms with van der Waals surface area (Å²) in [4.78, 5) is 6.13. The summed E-state index contributed by atoms with van der Waals surface area (Å²) in [5, 5.41) is 13.4. The van der Waals surface area contributed by atoms with Crippen molar-refractivity contribution < 1.29 is 19.0 Å². The normalized spacial score (nSPS) is 24.6. The third-order valence-electron chi connectivity index (χ3n) is 3.94. The SMILES string of the molecule is [N-]=[N+]=NC[C@H]1CN(c2ccc(N3CCOCC3)c(F)c2)C(O)O1. The quantitative estimate of drug-likeness (QED) is 0.514. The highest BCUT2D eigenvalue weighted by atomic mass is 19.1. The third kappa shape index (κ3) is 3.48. The van der Waals surface area contributed by atoms with E-state index in [4.69, 9.17) is 15.0 Å². The Hall–Kier alpha value is -2.06. The molecule has 124 valence electrons. The second-order valence-corrected chi connectivity index (χ2v) is 5.39. The number of ether oxygens (including phenoxy) is 2. The lowest BCUT2D eigenvalue weighted by Crippen LogP contribution is -2.37. The molecule has 2 aliphatic rings. The summed E-state index contributed by atoms with van der Waals surface area (Å²) in [6, 6.07) is 4.83. The van der Waals surface area contributed by atoms with Gasteiger partial charge in [-0.1, -0.05) is 5.11 Å². The molecule has 0 spiro atoms. The molecule has 0 bridgehead atoms. The molecule has 2 fully saturated rings. The molecule has 3 rings (SSSR count). The minimum atomic E-state index is -1.18. The van der Waals surface area contributed by atoms with Gasteiger partial charge >= 0.3 is 0 Å². The first-order chi connectivity index (χ1) is 11.2. The lowest BCUT2D eigenvalue weighted by Gasteiger charge is -2.30. The molecule has 0 amide bonds. The first-order valence-electron chi connectivity index (χ1n) is 7.42. The van der Waals surface area contributed by atoms with Gasteiger partial charge in [-0.15, -0.1) is 0 Å². The summed E-state index contributed by atoms with van der Waals surface area (Å²) in [6.07, 6.45) is -1.59. The molecule has 0 saturated carbocycles. The summed E-state index contributed by atoms with van der Waals surface area (Å²) >= 11 is 0. The number of morpholine rings is 1. The van der Waals surface area contributed by atoms with Crippen LogP contribution in [0.4, 0.5) is 15.8 Å². The van der Waals surface area contributed by atoms with Crippen LogP contribution in [0.15, 0.2) is 23.3 Å². The summed E-state index contributed by atoms with van der Waals surface area (Å²) in [7, 11) is 0. The maximum Gasteiger partial charge on any atom is 0.238 e. The number of aliphatic hydroxyl groups excluding tert-OH is 1. The van der Waals surface area contributed by atoms with Crippen LogP contribution in [0.5, 0.6) is 0 Å². The van der Waals surface area contributed by atoms with E-state index in [1.807, 2.05) is 4.90 Å². The van der Waals surface area contributed by atoms with Crippen LogP contribution in [0.1, 0.15) is 0 Å². The van der Waals surface area contributed by atoms with Crippen molar-refractivity contribution in [2.45, 2.75) is 12.5 Å². The minimum Gasteiger partial charge on any atom is -0.378 e. The number of rotatable bonds is 4. The van der Waals surface area contributed by atoms with Crippen LogP contribution in [0.2, 0.25) is 0 Å². The van der Waals surface area contributed by atoms with Crippen molar-refractivity contribution in [1.82, 2.24) is 0 Å². The average molecular weight is 323 g/mol. The molecule has 2 atom stereocenters. The van der Waals surface area contributed by atoms with Gasteiger partial charge in [0.25, 0.3) is 0 Å². The molecule has 0 aromatic heterocycles. The number of azide groups is 1. The van der Waals surface area contributed by atoms with Gasteiger partial charge in [0.2, 0.25) is 6.41 Å². The molecule has 1 aromatic rings. The van der Waals surface area contributed by atoms with Crippen molar-refractivity contribution in [3.63, 3.8) is 0 Å². The van der Waals surface area contributed by atoms with E-state index in [-0.39, 0.29) is 12.4 Å². The number of benzene rings is 1. The Morgan fingerprint density at radius 2 is 2.17 bits per heavy atom. The van der Waals surface area contributed by atoms with Gasteiger partial charge in [0.1, 0.15) is 5.82 Å². The van der Waals surface area contributed by atoms with E-state index >= 15 is 0 Å². The lowest BCUT2D eigenvalue weighted by molar-refractivity contribution is -0.0854. The fraction of sp³-hybridized carbons (Fsp3) is 0.571. The molecular weight excluding hydrogens is 305 g/mol. The molecule has 1 aromatic carbocycles. The Balaban J connectivity index is 1.73. The highest BCUT2D eigenvalue weighted by Gasteiger charge is 2.31. The van der Waals surface area contributed by atoms with E-state index in [0.717, 1.165) is 0 Å². The number of nitrogens with zero attached hydrogens (tertiary/aromatic N) is 5. The Morgan fingerprint density at radius 3 is 2.87 bits per heavy atom. The third-order valence-corrected chi connectivity index (χ3v) is 3.94. The molecule has 2 heterocycles. The Kier molecular flexibility index (Phi) is 4.82. The minimum absolute atomic E-state index is 0.123. The van der Waals surface area contributed by atoms with E-state index in [9.17, 15) is 9.50 Å². The van der Waals surface area contributed by atoms with Crippen LogP contribution in [0.25, 0.3) is 10.4 Å². The highest BCUT2D eigenvalue weighted by molar-refractivity contribution is 5.58. The van der Waals surface area contributed by atoms with Crippen molar-refractivity contribution in [2.24, 2.45) is 5.11 Å². The maximum absolute atomic E-state index is 14.4. The van der Waals surface area contributed by atoms with Crippen molar-refractivity contribution >= 4 is 11.4 Å². The average Bonchev–Trinajstić information content (AvgIpc) is 2.94. The Bertz CT molecular complexity index is 604. The van der Waals surface area contributed by atoms with Gasteiger partial charge in [0.05, 0.1) is 31.5 Å². The largest absolute Gasteiger partial charge is 0.378 e. The second kappa shape index (κ2) is 7.01. The first kappa shape index (κ1) is 15.8. The number of hydrogen-bond acceptors (Lipinski definition) is 6. The van der Waals surface area contributed by atoms with E-state index in [2.05, 4.69) is 10.0 Å². The van der Waals surface area contributed by atoms with Crippen molar-refractivity contribution in [3.8, 4) is 0 Å². The van der Waals surface area contributed by atoms with Crippen molar-refractivity contribution in [2.75, 3.05) is 49.2 Å². The zero-order chi connectivity index (χ0) is 16.2. The molecule has 0 aliphatic carbocycles. The zero-order valence-corrected chi connectivity index (χ0v) is 12.5. The van der Waals surface area contributed by atoms with Crippen molar-refractivity contribution in [1.29, 1.82) is 0 Å². The summed E-state index contributed by atoms with van der Waals surface area (Å²) < 4.78 is 25.0. The number of aliphatic hydroxyl groups is 1. The summed E-state index contributed by atoms with van der Waals surface area (Å²) in [5.41, 5.74) is 9.38. The predicted molar refractivity (Wildman–Crippen MR) is 81.7 cm³/mol. The van der Waals surface area contributed by atoms with E-state index in [1.54, 1.807) is 12.1 Å². The standard InChI is InChI=1S/C14H18FN5O3/c15-12-7-10(1-2-13(12)19-3-5-22-6-4-19)20-9-11(8-17-18-16)23-14(20)21/h1-2,7,11,14,21H,3-6,8-9H2/t11-,14?/m0/s1. The fourth-order valence-corrected chi connectivity index (χ4v) is 2.79. The summed E-state index contributed by atoms with van der Waals surface area (Å²) in [5.74, 6) is -0.352. The lowest BCUT2D eigenvalue weighted by atomic mass is 10.2. The van der Waals surface area contributed by atoms with Gasteiger partial charge in [0, 0.05) is 30.2 Å². The van der Waals surface area contributed by atoms with Gasteiger partial charge in [-0.2, -0.15) is 0 Å².